The van der Waals surface area contributed by atoms with Crippen LogP contribution in [0, 0.1) is 0 Å². The van der Waals surface area contributed by atoms with Crippen LogP contribution in [0.1, 0.15) is 0 Å². The standard InChI is InChI=1S/C23H18N2O3/c1-24-17-12-16(8-9-20(17)26-2)23-25-18-11-15(7-10-21(18)28-23)22-13-14-5-3-4-6-19(14)27-22/h3-13,24H,1-2H3. The van der Waals surface area contributed by atoms with Gasteiger partial charge in [0, 0.05) is 23.6 Å². The van der Waals surface area contributed by atoms with Crippen LogP contribution in [0.5, 0.6) is 5.75 Å². The molecule has 0 fully saturated rings. The van der Waals surface area contributed by atoms with E-state index >= 15 is 0 Å². The third kappa shape index (κ3) is 2.68. The third-order valence-corrected chi connectivity index (χ3v) is 4.81. The Morgan fingerprint density at radius 1 is 0.857 bits per heavy atom. The van der Waals surface area contributed by atoms with Crippen molar-refractivity contribution in [3.63, 3.8) is 0 Å². The Bertz CT molecular complexity index is 1270. The second-order valence-electron chi connectivity index (χ2n) is 6.52. The first-order valence-electron chi connectivity index (χ1n) is 9.01. The first-order chi connectivity index (χ1) is 13.7. The number of hydrogen-bond acceptors (Lipinski definition) is 5. The molecule has 0 aliphatic rings. The molecule has 28 heavy (non-hydrogen) atoms. The maximum absolute atomic E-state index is 5.97. The number of para-hydroxylation sites is 1. The fourth-order valence-corrected chi connectivity index (χ4v) is 3.36. The third-order valence-electron chi connectivity index (χ3n) is 4.81. The molecule has 0 atom stereocenters. The highest BCUT2D eigenvalue weighted by Gasteiger charge is 2.13. The summed E-state index contributed by atoms with van der Waals surface area (Å²) in [6, 6.07) is 21.7. The summed E-state index contributed by atoms with van der Waals surface area (Å²) >= 11 is 0. The van der Waals surface area contributed by atoms with E-state index in [4.69, 9.17) is 13.6 Å². The number of nitrogens with zero attached hydrogens (tertiary/aromatic N) is 1. The van der Waals surface area contributed by atoms with Crippen LogP contribution in [-0.4, -0.2) is 19.1 Å². The summed E-state index contributed by atoms with van der Waals surface area (Å²) < 4.78 is 17.3. The van der Waals surface area contributed by atoms with Gasteiger partial charge >= 0.3 is 0 Å². The summed E-state index contributed by atoms with van der Waals surface area (Å²) in [5, 5.41) is 4.21. The van der Waals surface area contributed by atoms with Gasteiger partial charge in [0.2, 0.25) is 5.89 Å². The molecule has 0 spiro atoms. The van der Waals surface area contributed by atoms with Gasteiger partial charge in [-0.25, -0.2) is 4.98 Å². The molecule has 138 valence electrons. The van der Waals surface area contributed by atoms with Gasteiger partial charge in [0.15, 0.2) is 5.58 Å². The molecule has 5 nitrogen and oxygen atoms in total. The van der Waals surface area contributed by atoms with Crippen LogP contribution in [0.15, 0.2) is 75.6 Å². The summed E-state index contributed by atoms with van der Waals surface area (Å²) in [6.45, 7) is 0. The number of oxazole rings is 1. The average molecular weight is 370 g/mol. The fourth-order valence-electron chi connectivity index (χ4n) is 3.36. The zero-order chi connectivity index (χ0) is 19.1. The van der Waals surface area contributed by atoms with Gasteiger partial charge in [-0.1, -0.05) is 18.2 Å². The van der Waals surface area contributed by atoms with Gasteiger partial charge in [-0.05, 0) is 48.5 Å². The van der Waals surface area contributed by atoms with Gasteiger partial charge in [-0.3, -0.25) is 0 Å². The van der Waals surface area contributed by atoms with E-state index in [1.165, 1.54) is 0 Å². The second-order valence-corrected chi connectivity index (χ2v) is 6.52. The summed E-state index contributed by atoms with van der Waals surface area (Å²) in [5.74, 6) is 2.15. The Labute approximate surface area is 161 Å². The van der Waals surface area contributed by atoms with E-state index in [-0.39, 0.29) is 0 Å². The minimum Gasteiger partial charge on any atom is -0.495 e. The number of fused-ring (bicyclic) bond motifs is 2. The molecule has 5 heteroatoms. The summed E-state index contributed by atoms with van der Waals surface area (Å²) in [6.07, 6.45) is 0. The van der Waals surface area contributed by atoms with E-state index < -0.39 is 0 Å². The fraction of sp³-hybridized carbons (Fsp3) is 0.0870. The van der Waals surface area contributed by atoms with Gasteiger partial charge < -0.3 is 18.9 Å². The highest BCUT2D eigenvalue weighted by atomic mass is 16.5. The lowest BCUT2D eigenvalue weighted by Gasteiger charge is -2.08. The first-order valence-corrected chi connectivity index (χ1v) is 9.01. The number of furan rings is 1. The van der Waals surface area contributed by atoms with Crippen molar-refractivity contribution in [3.8, 4) is 28.5 Å². The quantitative estimate of drug-likeness (QED) is 0.423. The number of ether oxygens (including phenoxy) is 1. The van der Waals surface area contributed by atoms with E-state index in [2.05, 4.69) is 10.3 Å². The highest BCUT2D eigenvalue weighted by molar-refractivity contribution is 5.86. The van der Waals surface area contributed by atoms with Gasteiger partial charge in [-0.2, -0.15) is 0 Å². The van der Waals surface area contributed by atoms with Gasteiger partial charge in [-0.15, -0.1) is 0 Å². The predicted molar refractivity (Wildman–Crippen MR) is 111 cm³/mol. The molecule has 0 saturated carbocycles. The molecule has 2 heterocycles. The van der Waals surface area contributed by atoms with Crippen LogP contribution in [0.4, 0.5) is 5.69 Å². The van der Waals surface area contributed by atoms with Crippen LogP contribution in [0.25, 0.3) is 44.8 Å². The maximum Gasteiger partial charge on any atom is 0.227 e. The second kappa shape index (κ2) is 6.46. The zero-order valence-electron chi connectivity index (χ0n) is 15.5. The number of methoxy groups -OCH3 is 1. The Kier molecular flexibility index (Phi) is 3.79. The summed E-state index contributed by atoms with van der Waals surface area (Å²) in [7, 11) is 3.50. The van der Waals surface area contributed by atoms with E-state index in [1.54, 1.807) is 7.11 Å². The number of benzene rings is 3. The van der Waals surface area contributed by atoms with Crippen molar-refractivity contribution in [2.45, 2.75) is 0 Å². The lowest BCUT2D eigenvalue weighted by Crippen LogP contribution is -1.94. The van der Waals surface area contributed by atoms with Crippen LogP contribution in [0.3, 0.4) is 0 Å². The van der Waals surface area contributed by atoms with Crippen molar-refractivity contribution in [1.82, 2.24) is 4.98 Å². The highest BCUT2D eigenvalue weighted by Crippen LogP contribution is 2.34. The summed E-state index contributed by atoms with van der Waals surface area (Å²) in [5.41, 5.74) is 5.12. The van der Waals surface area contributed by atoms with Crippen molar-refractivity contribution < 1.29 is 13.6 Å². The topological polar surface area (TPSA) is 60.4 Å². The molecule has 0 bridgehead atoms. The number of aromatic nitrogens is 1. The monoisotopic (exact) mass is 370 g/mol. The molecule has 0 radical (unpaired) electrons. The van der Waals surface area contributed by atoms with E-state index in [1.807, 2.05) is 73.8 Å². The van der Waals surface area contributed by atoms with Crippen LogP contribution in [0.2, 0.25) is 0 Å². The van der Waals surface area contributed by atoms with Crippen molar-refractivity contribution in [2.75, 3.05) is 19.5 Å². The minimum atomic E-state index is 0.566. The first kappa shape index (κ1) is 16.4. The molecule has 0 aliphatic carbocycles. The molecule has 2 aromatic heterocycles. The van der Waals surface area contributed by atoms with E-state index in [0.29, 0.717) is 5.89 Å². The van der Waals surface area contributed by atoms with Crippen molar-refractivity contribution >= 4 is 27.8 Å². The van der Waals surface area contributed by atoms with Crippen molar-refractivity contribution in [1.29, 1.82) is 0 Å². The van der Waals surface area contributed by atoms with Crippen LogP contribution >= 0.6 is 0 Å². The van der Waals surface area contributed by atoms with Crippen molar-refractivity contribution in [3.05, 3.63) is 66.7 Å². The number of anilines is 1. The lowest BCUT2D eigenvalue weighted by molar-refractivity contribution is 0.416. The maximum atomic E-state index is 5.97. The van der Waals surface area contributed by atoms with Gasteiger partial charge in [0.1, 0.15) is 22.6 Å². The molecular formula is C23H18N2O3. The minimum absolute atomic E-state index is 0.566. The van der Waals surface area contributed by atoms with E-state index in [0.717, 1.165) is 50.4 Å². The largest absolute Gasteiger partial charge is 0.495 e. The molecule has 0 aliphatic heterocycles. The zero-order valence-corrected chi connectivity index (χ0v) is 15.5. The molecule has 5 rings (SSSR count). The predicted octanol–water partition coefficient (Wildman–Crippen LogP) is 5.96. The molecule has 0 saturated heterocycles. The molecule has 5 aromatic rings. The Morgan fingerprint density at radius 3 is 2.54 bits per heavy atom. The molecule has 3 aromatic carbocycles. The SMILES string of the molecule is CNc1cc(-c2nc3cc(-c4cc5ccccc5o4)ccc3o2)ccc1OC. The Hall–Kier alpha value is -3.73. The lowest BCUT2D eigenvalue weighted by atomic mass is 10.1. The molecule has 0 unspecified atom stereocenters. The average Bonchev–Trinajstić information content (AvgIpc) is 3.36. The van der Waals surface area contributed by atoms with Gasteiger partial charge in [0.25, 0.3) is 0 Å². The normalized spacial score (nSPS) is 11.2. The summed E-state index contributed by atoms with van der Waals surface area (Å²) in [4.78, 5) is 4.68. The van der Waals surface area contributed by atoms with Crippen molar-refractivity contribution in [2.24, 2.45) is 0 Å². The van der Waals surface area contributed by atoms with Crippen LogP contribution < -0.4 is 10.1 Å². The Morgan fingerprint density at radius 2 is 1.71 bits per heavy atom. The van der Waals surface area contributed by atoms with E-state index in [9.17, 15) is 0 Å². The number of nitrogens with one attached hydrogen (secondary N) is 1. The van der Waals surface area contributed by atoms with Gasteiger partial charge in [0.05, 0.1) is 12.8 Å². The van der Waals surface area contributed by atoms with Crippen LogP contribution in [-0.2, 0) is 0 Å². The number of hydrogen-bond donors (Lipinski definition) is 1. The smallest absolute Gasteiger partial charge is 0.227 e. The molecule has 1 N–H and O–H groups in total. The molecule has 0 amide bonds. The molecular weight excluding hydrogens is 352 g/mol. The number of rotatable bonds is 4. The Balaban J connectivity index is 1.57.